The minimum Gasteiger partial charge on any atom is -0.444 e. The van der Waals surface area contributed by atoms with Crippen molar-refractivity contribution in [2.45, 2.75) is 44.5 Å². The summed E-state index contributed by atoms with van der Waals surface area (Å²) in [6.45, 7) is 5.66. The molecule has 2 unspecified atom stereocenters. The van der Waals surface area contributed by atoms with Crippen LogP contribution < -0.4 is 0 Å². The van der Waals surface area contributed by atoms with Crippen LogP contribution in [-0.4, -0.2) is 47.9 Å². The molecule has 0 aromatic carbocycles. The third kappa shape index (κ3) is 3.60. The van der Waals surface area contributed by atoms with Gasteiger partial charge in [-0.05, 0) is 39.5 Å². The number of ether oxygens (including phenoxy) is 1. The molecule has 19 heavy (non-hydrogen) atoms. The van der Waals surface area contributed by atoms with Gasteiger partial charge in [0.05, 0.1) is 0 Å². The van der Waals surface area contributed by atoms with Crippen molar-refractivity contribution in [3.63, 3.8) is 0 Å². The molecule has 2 aliphatic rings. The van der Waals surface area contributed by atoms with Gasteiger partial charge in [0.1, 0.15) is 10.9 Å². The fourth-order valence-electron chi connectivity index (χ4n) is 2.57. The van der Waals surface area contributed by atoms with Crippen LogP contribution in [0.2, 0.25) is 0 Å². The third-order valence-corrected chi connectivity index (χ3v) is 4.83. The topological polar surface area (TPSA) is 83.9 Å². The molecular weight excluding hydrogens is 270 g/mol. The highest BCUT2D eigenvalue weighted by Gasteiger charge is 2.49. The van der Waals surface area contributed by atoms with Crippen LogP contribution >= 0.6 is 0 Å². The number of hydrogen-bond donors (Lipinski definition) is 1. The van der Waals surface area contributed by atoms with Gasteiger partial charge in [-0.1, -0.05) is 0 Å². The number of nitrogens with zero attached hydrogens (tertiary/aromatic N) is 1. The van der Waals surface area contributed by atoms with Gasteiger partial charge < -0.3 is 9.64 Å². The van der Waals surface area contributed by atoms with Crippen LogP contribution in [0.3, 0.4) is 0 Å². The van der Waals surface area contributed by atoms with E-state index in [9.17, 15) is 17.8 Å². The van der Waals surface area contributed by atoms with Gasteiger partial charge in [-0.2, -0.15) is 8.42 Å². The van der Waals surface area contributed by atoms with Crippen LogP contribution in [0.25, 0.3) is 0 Å². The molecule has 1 saturated carbocycles. The lowest BCUT2D eigenvalue weighted by molar-refractivity contribution is 0.0287. The van der Waals surface area contributed by atoms with E-state index < -0.39 is 27.1 Å². The number of carbonyl (C=O) groups is 1. The van der Waals surface area contributed by atoms with Gasteiger partial charge in [0.15, 0.2) is 0 Å². The first kappa shape index (κ1) is 14.6. The molecule has 1 aliphatic carbocycles. The van der Waals surface area contributed by atoms with Crippen LogP contribution in [0.15, 0.2) is 0 Å². The van der Waals surface area contributed by atoms with Crippen LogP contribution in [0.1, 0.15) is 33.6 Å². The summed E-state index contributed by atoms with van der Waals surface area (Å²) >= 11 is 0. The maximum Gasteiger partial charge on any atom is 0.410 e. The second kappa shape index (κ2) is 4.63. The van der Waals surface area contributed by atoms with Gasteiger partial charge in [-0.15, -0.1) is 0 Å². The Balaban J connectivity index is 2.08. The lowest BCUT2D eigenvalue weighted by Crippen LogP contribution is -2.36. The molecule has 0 spiro atoms. The number of amides is 1. The Morgan fingerprint density at radius 2 is 1.84 bits per heavy atom. The summed E-state index contributed by atoms with van der Waals surface area (Å²) in [5.41, 5.74) is -0.609. The molecule has 0 bridgehead atoms. The molecule has 1 saturated heterocycles. The fraction of sp³-hybridized carbons (Fsp3) is 0.917. The van der Waals surface area contributed by atoms with E-state index >= 15 is 0 Å². The molecule has 0 radical (unpaired) electrons. The van der Waals surface area contributed by atoms with E-state index in [0.29, 0.717) is 12.5 Å². The zero-order valence-electron chi connectivity index (χ0n) is 11.5. The van der Waals surface area contributed by atoms with Gasteiger partial charge in [0.2, 0.25) is 0 Å². The number of carbonyl (C=O) groups excluding carboxylic acids is 1. The molecule has 1 aliphatic heterocycles. The summed E-state index contributed by atoms with van der Waals surface area (Å²) in [7, 11) is -4.12. The van der Waals surface area contributed by atoms with E-state index in [4.69, 9.17) is 4.74 Å². The third-order valence-electron chi connectivity index (χ3n) is 3.57. The summed E-state index contributed by atoms with van der Waals surface area (Å²) in [5, 5.41) is -0.868. The number of rotatable bonds is 2. The highest BCUT2D eigenvalue weighted by molar-refractivity contribution is 7.86. The highest BCUT2D eigenvalue weighted by Crippen LogP contribution is 2.43. The van der Waals surface area contributed by atoms with E-state index in [0.717, 1.165) is 12.8 Å². The normalized spacial score (nSPS) is 28.5. The van der Waals surface area contributed by atoms with Gasteiger partial charge >= 0.3 is 6.09 Å². The summed E-state index contributed by atoms with van der Waals surface area (Å²) in [6, 6.07) is 0. The van der Waals surface area contributed by atoms with Gasteiger partial charge in [0, 0.05) is 19.0 Å². The van der Waals surface area contributed by atoms with Crippen LogP contribution in [0.4, 0.5) is 4.79 Å². The van der Waals surface area contributed by atoms with Crippen LogP contribution in [-0.2, 0) is 14.9 Å². The first-order valence-corrected chi connectivity index (χ1v) is 8.02. The summed E-state index contributed by atoms with van der Waals surface area (Å²) in [5.74, 6) is 0.141. The highest BCUT2D eigenvalue weighted by atomic mass is 32.2. The van der Waals surface area contributed by atoms with E-state index in [2.05, 4.69) is 0 Å². The number of likely N-dealkylation sites (tertiary alicyclic amines) is 1. The average Bonchev–Trinajstić information content (AvgIpc) is 2.92. The van der Waals surface area contributed by atoms with Crippen molar-refractivity contribution in [2.75, 3.05) is 13.1 Å². The van der Waals surface area contributed by atoms with Gasteiger partial charge in [-0.25, -0.2) is 4.79 Å². The quantitative estimate of drug-likeness (QED) is 0.780. The summed E-state index contributed by atoms with van der Waals surface area (Å²) < 4.78 is 37.3. The Labute approximate surface area is 113 Å². The average molecular weight is 291 g/mol. The van der Waals surface area contributed by atoms with E-state index in [1.807, 2.05) is 0 Å². The maximum atomic E-state index is 11.9. The standard InChI is InChI=1S/C12H21NO5S/c1-12(2,3)18-11(14)13-6-9(8-4-5-8)10(7-13)19(15,16)17/h8-10H,4-7H2,1-3H3,(H,15,16,17). The fourth-order valence-corrected chi connectivity index (χ4v) is 3.69. The molecule has 1 heterocycles. The summed E-state index contributed by atoms with van der Waals surface area (Å²) in [4.78, 5) is 13.3. The molecule has 1 N–H and O–H groups in total. The Morgan fingerprint density at radius 1 is 1.26 bits per heavy atom. The number of hydrogen-bond acceptors (Lipinski definition) is 4. The predicted octanol–water partition coefficient (Wildman–Crippen LogP) is 1.52. The molecule has 2 rings (SSSR count). The second-order valence-corrected chi connectivity index (χ2v) is 8.08. The van der Waals surface area contributed by atoms with Crippen molar-refractivity contribution in [1.29, 1.82) is 0 Å². The lowest BCUT2D eigenvalue weighted by Gasteiger charge is -2.24. The second-order valence-electron chi connectivity index (χ2n) is 6.44. The zero-order chi connectivity index (χ0) is 14.4. The van der Waals surface area contributed by atoms with E-state index in [-0.39, 0.29) is 12.5 Å². The Morgan fingerprint density at radius 3 is 2.26 bits per heavy atom. The van der Waals surface area contributed by atoms with Crippen molar-refractivity contribution in [2.24, 2.45) is 11.8 Å². The molecule has 7 heteroatoms. The van der Waals surface area contributed by atoms with Crippen LogP contribution in [0.5, 0.6) is 0 Å². The van der Waals surface area contributed by atoms with Crippen LogP contribution in [0, 0.1) is 11.8 Å². The first-order valence-electron chi connectivity index (χ1n) is 6.52. The largest absolute Gasteiger partial charge is 0.444 e. The molecular formula is C12H21NO5S. The SMILES string of the molecule is CC(C)(C)OC(=O)N1CC(C2CC2)C(S(=O)(=O)O)C1. The van der Waals surface area contributed by atoms with Gasteiger partial charge in [0.25, 0.3) is 10.1 Å². The Kier molecular flexibility index (Phi) is 3.55. The molecule has 0 aromatic heterocycles. The molecule has 1 amide bonds. The van der Waals surface area contributed by atoms with Crippen molar-refractivity contribution < 1.29 is 22.5 Å². The molecule has 0 aromatic rings. The van der Waals surface area contributed by atoms with E-state index in [1.165, 1.54) is 4.90 Å². The van der Waals surface area contributed by atoms with Crippen molar-refractivity contribution in [3.8, 4) is 0 Å². The minimum atomic E-state index is -4.12. The van der Waals surface area contributed by atoms with Crippen molar-refractivity contribution in [1.82, 2.24) is 4.90 Å². The summed E-state index contributed by atoms with van der Waals surface area (Å²) in [6.07, 6.45) is 1.43. The first-order chi connectivity index (χ1) is 8.58. The molecule has 2 fully saturated rings. The lowest BCUT2D eigenvalue weighted by atomic mass is 10.0. The maximum absolute atomic E-state index is 11.9. The van der Waals surface area contributed by atoms with E-state index in [1.54, 1.807) is 20.8 Å². The van der Waals surface area contributed by atoms with Crippen molar-refractivity contribution in [3.05, 3.63) is 0 Å². The minimum absolute atomic E-state index is 0.0227. The Hall–Kier alpha value is -0.820. The Bertz CT molecular complexity index is 463. The molecule has 2 atom stereocenters. The predicted molar refractivity (Wildman–Crippen MR) is 69.4 cm³/mol. The smallest absolute Gasteiger partial charge is 0.410 e. The molecule has 6 nitrogen and oxygen atoms in total. The van der Waals surface area contributed by atoms with Crippen molar-refractivity contribution >= 4 is 16.2 Å². The molecule has 110 valence electrons. The van der Waals surface area contributed by atoms with Gasteiger partial charge in [-0.3, -0.25) is 4.55 Å². The zero-order valence-corrected chi connectivity index (χ0v) is 12.3. The monoisotopic (exact) mass is 291 g/mol.